The molecule has 1 saturated heterocycles. The number of hydrogen-bond acceptors (Lipinski definition) is 4. The van der Waals surface area contributed by atoms with Crippen LogP contribution in [-0.2, 0) is 10.0 Å². The molecule has 0 aromatic carbocycles. The van der Waals surface area contributed by atoms with Crippen molar-refractivity contribution in [1.29, 1.82) is 0 Å². The van der Waals surface area contributed by atoms with Gasteiger partial charge >= 0.3 is 0 Å². The predicted octanol–water partition coefficient (Wildman–Crippen LogP) is 3.11. The average Bonchev–Trinajstić information content (AvgIpc) is 2.80. The summed E-state index contributed by atoms with van der Waals surface area (Å²) < 4.78 is 27.7. The van der Waals surface area contributed by atoms with Crippen LogP contribution >= 0.6 is 22.9 Å². The fourth-order valence-electron chi connectivity index (χ4n) is 2.52. The molecule has 1 fully saturated rings. The van der Waals surface area contributed by atoms with Crippen LogP contribution in [-0.4, -0.2) is 38.9 Å². The second kappa shape index (κ2) is 7.42. The molecule has 4 nitrogen and oxygen atoms in total. The molecule has 0 atom stereocenters. The molecule has 0 aliphatic carbocycles. The molecule has 0 radical (unpaired) electrons. The zero-order chi connectivity index (χ0) is 15.5. The van der Waals surface area contributed by atoms with Crippen LogP contribution in [0.15, 0.2) is 10.3 Å². The molecule has 1 aromatic rings. The molecule has 120 valence electrons. The molecule has 0 bridgehead atoms. The average molecular weight is 351 g/mol. The van der Waals surface area contributed by atoms with Crippen molar-refractivity contribution in [2.24, 2.45) is 5.92 Å². The summed E-state index contributed by atoms with van der Waals surface area (Å²) in [5.74, 6) is 0.580. The third kappa shape index (κ3) is 4.20. The van der Waals surface area contributed by atoms with Crippen molar-refractivity contribution in [2.75, 3.05) is 26.2 Å². The Hall–Kier alpha value is -0.140. The summed E-state index contributed by atoms with van der Waals surface area (Å²) >= 11 is 7.15. The van der Waals surface area contributed by atoms with Crippen molar-refractivity contribution in [2.45, 2.75) is 37.3 Å². The first-order valence-electron chi connectivity index (χ1n) is 7.42. The Morgan fingerprint density at radius 1 is 1.43 bits per heavy atom. The van der Waals surface area contributed by atoms with Gasteiger partial charge in [0, 0.05) is 13.1 Å². The zero-order valence-corrected chi connectivity index (χ0v) is 15.0. The summed E-state index contributed by atoms with van der Waals surface area (Å²) in [5.41, 5.74) is 0.832. The van der Waals surface area contributed by atoms with Crippen LogP contribution in [0.25, 0.3) is 0 Å². The summed E-state index contributed by atoms with van der Waals surface area (Å²) in [6.45, 7) is 7.22. The van der Waals surface area contributed by atoms with Gasteiger partial charge in [0.15, 0.2) is 0 Å². The highest BCUT2D eigenvalue weighted by Crippen LogP contribution is 2.33. The standard InChI is InChI=1S/C14H23ClN2O2S2/c1-3-6-16-10-12-4-7-17(8-5-12)21(18,19)13-9-11(2)14(15)20-13/h9,12,16H,3-8,10H2,1-2H3. The molecule has 0 unspecified atom stereocenters. The first kappa shape index (κ1) is 17.2. The second-order valence-corrected chi connectivity index (χ2v) is 9.39. The first-order chi connectivity index (χ1) is 9.95. The minimum atomic E-state index is -3.37. The third-order valence-corrected chi connectivity index (χ3v) is 7.76. The van der Waals surface area contributed by atoms with Gasteiger partial charge in [-0.05, 0) is 56.8 Å². The van der Waals surface area contributed by atoms with Gasteiger partial charge in [0.2, 0.25) is 0 Å². The summed E-state index contributed by atoms with van der Waals surface area (Å²) in [6, 6.07) is 1.68. The van der Waals surface area contributed by atoms with Crippen LogP contribution in [0.3, 0.4) is 0 Å². The maximum absolute atomic E-state index is 12.6. The van der Waals surface area contributed by atoms with Gasteiger partial charge in [-0.15, -0.1) is 11.3 Å². The Bertz CT molecular complexity index is 544. The molecule has 2 rings (SSSR count). The summed E-state index contributed by atoms with van der Waals surface area (Å²) in [5, 5.41) is 3.42. The number of piperidine rings is 1. The van der Waals surface area contributed by atoms with Gasteiger partial charge in [-0.1, -0.05) is 18.5 Å². The number of aryl methyl sites for hydroxylation is 1. The number of sulfonamides is 1. The minimum Gasteiger partial charge on any atom is -0.316 e. The van der Waals surface area contributed by atoms with Crippen molar-refractivity contribution >= 4 is 33.0 Å². The topological polar surface area (TPSA) is 49.4 Å². The van der Waals surface area contributed by atoms with E-state index in [2.05, 4.69) is 12.2 Å². The molecule has 0 amide bonds. The van der Waals surface area contributed by atoms with Gasteiger partial charge < -0.3 is 5.32 Å². The van der Waals surface area contributed by atoms with Crippen LogP contribution < -0.4 is 5.32 Å². The Morgan fingerprint density at radius 2 is 2.10 bits per heavy atom. The second-order valence-electron chi connectivity index (χ2n) is 5.57. The highest BCUT2D eigenvalue weighted by Gasteiger charge is 2.30. The number of nitrogens with zero attached hydrogens (tertiary/aromatic N) is 1. The van der Waals surface area contributed by atoms with E-state index in [-0.39, 0.29) is 0 Å². The lowest BCUT2D eigenvalue weighted by atomic mass is 9.98. The third-order valence-electron chi connectivity index (χ3n) is 3.86. The summed E-state index contributed by atoms with van der Waals surface area (Å²) in [7, 11) is -3.37. The Labute approximate surface area is 136 Å². The first-order valence-corrected chi connectivity index (χ1v) is 10.1. The van der Waals surface area contributed by atoms with Crippen molar-refractivity contribution in [3.05, 3.63) is 16.0 Å². The molecule has 0 saturated carbocycles. The summed E-state index contributed by atoms with van der Waals surface area (Å²) in [6.07, 6.45) is 2.98. The van der Waals surface area contributed by atoms with Crippen LogP contribution in [0, 0.1) is 12.8 Å². The van der Waals surface area contributed by atoms with Gasteiger partial charge in [-0.3, -0.25) is 0 Å². The molecule has 7 heteroatoms. The summed E-state index contributed by atoms with van der Waals surface area (Å²) in [4.78, 5) is 0. The Balaban J connectivity index is 1.95. The minimum absolute atomic E-state index is 0.368. The molecule has 0 spiro atoms. The van der Waals surface area contributed by atoms with E-state index >= 15 is 0 Å². The van der Waals surface area contributed by atoms with Gasteiger partial charge in [-0.2, -0.15) is 4.31 Å². The van der Waals surface area contributed by atoms with Gasteiger partial charge in [-0.25, -0.2) is 8.42 Å². The highest BCUT2D eigenvalue weighted by molar-refractivity contribution is 7.91. The smallest absolute Gasteiger partial charge is 0.252 e. The molecule has 21 heavy (non-hydrogen) atoms. The Kier molecular flexibility index (Phi) is 6.08. The highest BCUT2D eigenvalue weighted by atomic mass is 35.5. The van der Waals surface area contributed by atoms with Crippen molar-refractivity contribution in [3.63, 3.8) is 0 Å². The zero-order valence-electron chi connectivity index (χ0n) is 12.6. The van der Waals surface area contributed by atoms with Crippen LogP contribution in [0.4, 0.5) is 0 Å². The molecule has 2 heterocycles. The van der Waals surface area contributed by atoms with Crippen molar-refractivity contribution in [3.8, 4) is 0 Å². The predicted molar refractivity (Wildman–Crippen MR) is 88.7 cm³/mol. The van der Waals surface area contributed by atoms with Crippen molar-refractivity contribution in [1.82, 2.24) is 9.62 Å². The molecule has 1 aliphatic heterocycles. The lowest BCUT2D eigenvalue weighted by Crippen LogP contribution is -2.40. The van der Waals surface area contributed by atoms with Crippen LogP contribution in [0.2, 0.25) is 4.34 Å². The van der Waals surface area contributed by atoms with Gasteiger partial charge in [0.05, 0.1) is 4.34 Å². The number of halogens is 1. The van der Waals surface area contributed by atoms with Gasteiger partial charge in [0.25, 0.3) is 10.0 Å². The van der Waals surface area contributed by atoms with E-state index in [0.717, 1.165) is 49.3 Å². The van der Waals surface area contributed by atoms with E-state index in [1.165, 1.54) is 0 Å². The van der Waals surface area contributed by atoms with Crippen LogP contribution in [0.5, 0.6) is 0 Å². The van der Waals surface area contributed by atoms with Gasteiger partial charge in [0.1, 0.15) is 4.21 Å². The van der Waals surface area contributed by atoms with Crippen molar-refractivity contribution < 1.29 is 8.42 Å². The maximum Gasteiger partial charge on any atom is 0.252 e. The SMILES string of the molecule is CCCNCC1CCN(S(=O)(=O)c2cc(C)c(Cl)s2)CC1. The molecular formula is C14H23ClN2O2S2. The number of nitrogens with one attached hydrogen (secondary N) is 1. The molecule has 1 N–H and O–H groups in total. The largest absolute Gasteiger partial charge is 0.316 e. The van der Waals surface area contributed by atoms with E-state index in [9.17, 15) is 8.42 Å². The quantitative estimate of drug-likeness (QED) is 0.802. The maximum atomic E-state index is 12.6. The Morgan fingerprint density at radius 3 is 2.62 bits per heavy atom. The number of rotatable bonds is 6. The normalized spacial score (nSPS) is 18.2. The number of hydrogen-bond donors (Lipinski definition) is 1. The molecule has 1 aromatic heterocycles. The van der Waals surface area contributed by atoms with E-state index in [4.69, 9.17) is 11.6 Å². The lowest BCUT2D eigenvalue weighted by molar-refractivity contribution is 0.268. The molecular weight excluding hydrogens is 328 g/mol. The fraction of sp³-hybridized carbons (Fsp3) is 0.714. The lowest BCUT2D eigenvalue weighted by Gasteiger charge is -2.30. The van der Waals surface area contributed by atoms with E-state index in [1.54, 1.807) is 10.4 Å². The number of thiophene rings is 1. The van der Waals surface area contributed by atoms with E-state index in [0.29, 0.717) is 27.6 Å². The van der Waals surface area contributed by atoms with E-state index in [1.807, 2.05) is 6.92 Å². The fourth-order valence-corrected chi connectivity index (χ4v) is 5.86. The van der Waals surface area contributed by atoms with E-state index < -0.39 is 10.0 Å². The molecule has 1 aliphatic rings. The monoisotopic (exact) mass is 350 g/mol. The van der Waals surface area contributed by atoms with Crippen LogP contribution in [0.1, 0.15) is 31.7 Å².